The normalized spacial score (nSPS) is 10.7. The van der Waals surface area contributed by atoms with Crippen LogP contribution in [0.25, 0.3) is 22.0 Å². The van der Waals surface area contributed by atoms with Gasteiger partial charge in [0.15, 0.2) is 0 Å². The zero-order valence-electron chi connectivity index (χ0n) is 15.2. The van der Waals surface area contributed by atoms with Crippen molar-refractivity contribution >= 4 is 22.5 Å². The number of benzene rings is 3. The third-order valence-electron chi connectivity index (χ3n) is 4.59. The van der Waals surface area contributed by atoms with Crippen LogP contribution in [0.3, 0.4) is 0 Å². The van der Waals surface area contributed by atoms with Gasteiger partial charge in [0, 0.05) is 17.5 Å². The van der Waals surface area contributed by atoms with E-state index in [-0.39, 0.29) is 17.8 Å². The molecule has 0 spiro atoms. The predicted molar refractivity (Wildman–Crippen MR) is 111 cm³/mol. The molecule has 0 atom stereocenters. The van der Waals surface area contributed by atoms with Crippen molar-refractivity contribution < 1.29 is 4.79 Å². The average Bonchev–Trinajstić information content (AvgIpc) is 2.75. The number of hydrogen-bond acceptors (Lipinski definition) is 3. The number of carbonyl (C=O) groups is 1. The number of rotatable bonds is 5. The molecule has 5 nitrogen and oxygen atoms in total. The Morgan fingerprint density at radius 2 is 1.54 bits per heavy atom. The quantitative estimate of drug-likeness (QED) is 0.576. The average molecular weight is 369 g/mol. The van der Waals surface area contributed by atoms with Crippen molar-refractivity contribution in [1.82, 2.24) is 9.78 Å². The second-order valence-corrected chi connectivity index (χ2v) is 6.49. The summed E-state index contributed by atoms with van der Waals surface area (Å²) in [5, 5.41) is 7.67. The van der Waals surface area contributed by atoms with Gasteiger partial charge in [0.2, 0.25) is 11.3 Å². The third-order valence-corrected chi connectivity index (χ3v) is 4.59. The Balaban J connectivity index is 1.41. The molecule has 4 rings (SSSR count). The topological polar surface area (TPSA) is 64.0 Å². The smallest absolute Gasteiger partial charge is 0.226 e. The molecule has 0 radical (unpaired) electrons. The summed E-state index contributed by atoms with van der Waals surface area (Å²) >= 11 is 0. The molecular weight excluding hydrogens is 350 g/mol. The molecule has 0 saturated carbocycles. The van der Waals surface area contributed by atoms with Crippen LogP contribution in [-0.2, 0) is 11.3 Å². The predicted octanol–water partition coefficient (Wildman–Crippen LogP) is 4.09. The lowest BCUT2D eigenvalue weighted by Crippen LogP contribution is -2.18. The van der Waals surface area contributed by atoms with E-state index in [1.807, 2.05) is 60.7 Å². The Morgan fingerprint density at radius 3 is 2.32 bits per heavy atom. The minimum Gasteiger partial charge on any atom is -0.326 e. The number of hydrogen-bond donors (Lipinski definition) is 1. The number of para-hydroxylation sites is 1. The van der Waals surface area contributed by atoms with Crippen molar-refractivity contribution in [2.45, 2.75) is 13.0 Å². The van der Waals surface area contributed by atoms with Gasteiger partial charge in [0.05, 0.1) is 18.3 Å². The fraction of sp³-hybridized carbons (Fsp3) is 0.0870. The number of aromatic nitrogens is 2. The van der Waals surface area contributed by atoms with Gasteiger partial charge in [-0.1, -0.05) is 54.6 Å². The summed E-state index contributed by atoms with van der Waals surface area (Å²) in [7, 11) is 0. The minimum atomic E-state index is -0.116. The Morgan fingerprint density at radius 1 is 0.857 bits per heavy atom. The first-order valence-corrected chi connectivity index (χ1v) is 9.11. The molecule has 1 aromatic heterocycles. The molecule has 0 aliphatic carbocycles. The van der Waals surface area contributed by atoms with Gasteiger partial charge in [0.1, 0.15) is 0 Å². The summed E-state index contributed by atoms with van der Waals surface area (Å²) in [5.74, 6) is -0.1000. The summed E-state index contributed by atoms with van der Waals surface area (Å²) in [6.07, 6.45) is 1.56. The van der Waals surface area contributed by atoms with Crippen molar-refractivity contribution in [2.24, 2.45) is 0 Å². The van der Waals surface area contributed by atoms with E-state index in [0.29, 0.717) is 11.9 Å². The lowest BCUT2D eigenvalue weighted by atomic mass is 10.1. The molecule has 0 saturated heterocycles. The summed E-state index contributed by atoms with van der Waals surface area (Å²) in [5.41, 5.74) is 3.60. The molecule has 0 bridgehead atoms. The van der Waals surface area contributed by atoms with E-state index in [0.717, 1.165) is 22.3 Å². The van der Waals surface area contributed by atoms with Crippen molar-refractivity contribution in [2.75, 3.05) is 5.32 Å². The summed E-state index contributed by atoms with van der Waals surface area (Å²) in [6, 6.07) is 25.1. The number of fused-ring (bicyclic) bond motifs is 1. The Bertz CT molecular complexity index is 1170. The SMILES string of the molecule is O=C(CCn1ncc(=O)c2ccccc21)Nc1ccc(-c2ccccc2)cc1. The lowest BCUT2D eigenvalue weighted by Gasteiger charge is -2.10. The molecule has 0 unspecified atom stereocenters. The number of anilines is 1. The number of carbonyl (C=O) groups excluding carboxylic acids is 1. The standard InChI is InChI=1S/C23H19N3O2/c27-22-16-24-26(21-9-5-4-8-20(21)22)15-14-23(28)25-19-12-10-18(11-13-19)17-6-2-1-3-7-17/h1-13,16H,14-15H2,(H,25,28). The third kappa shape index (κ3) is 3.83. The van der Waals surface area contributed by atoms with Gasteiger partial charge in [-0.15, -0.1) is 0 Å². The number of amides is 1. The molecule has 0 aliphatic rings. The van der Waals surface area contributed by atoms with Gasteiger partial charge in [-0.3, -0.25) is 14.3 Å². The zero-order chi connectivity index (χ0) is 19.3. The molecule has 138 valence electrons. The Hall–Kier alpha value is -3.73. The fourth-order valence-electron chi connectivity index (χ4n) is 3.15. The highest BCUT2D eigenvalue weighted by atomic mass is 16.1. The summed E-state index contributed by atoms with van der Waals surface area (Å²) in [4.78, 5) is 24.2. The van der Waals surface area contributed by atoms with E-state index in [2.05, 4.69) is 22.5 Å². The van der Waals surface area contributed by atoms with Gasteiger partial charge in [0.25, 0.3) is 0 Å². The van der Waals surface area contributed by atoms with Gasteiger partial charge < -0.3 is 5.32 Å². The first-order chi connectivity index (χ1) is 13.7. The van der Waals surface area contributed by atoms with Crippen LogP contribution in [0.1, 0.15) is 6.42 Å². The second-order valence-electron chi connectivity index (χ2n) is 6.49. The maximum atomic E-state index is 12.3. The maximum absolute atomic E-state index is 12.3. The zero-order valence-corrected chi connectivity index (χ0v) is 15.2. The van der Waals surface area contributed by atoms with E-state index in [4.69, 9.17) is 0 Å². The van der Waals surface area contributed by atoms with Crippen LogP contribution < -0.4 is 10.7 Å². The van der Waals surface area contributed by atoms with Crippen LogP contribution in [0.2, 0.25) is 0 Å². The van der Waals surface area contributed by atoms with E-state index in [9.17, 15) is 9.59 Å². The van der Waals surface area contributed by atoms with Crippen LogP contribution >= 0.6 is 0 Å². The van der Waals surface area contributed by atoms with E-state index in [1.165, 1.54) is 6.20 Å². The highest BCUT2D eigenvalue weighted by molar-refractivity contribution is 5.91. The molecule has 1 heterocycles. The van der Waals surface area contributed by atoms with E-state index >= 15 is 0 Å². The maximum Gasteiger partial charge on any atom is 0.226 e. The van der Waals surface area contributed by atoms with Gasteiger partial charge in [-0.05, 0) is 35.4 Å². The Kier molecular flexibility index (Phi) is 4.97. The van der Waals surface area contributed by atoms with Gasteiger partial charge in [-0.25, -0.2) is 0 Å². The van der Waals surface area contributed by atoms with Crippen molar-refractivity contribution in [1.29, 1.82) is 0 Å². The summed E-state index contributed by atoms with van der Waals surface area (Å²) in [6.45, 7) is 0.398. The molecule has 5 heteroatoms. The number of aryl methyl sites for hydroxylation is 1. The Labute approximate surface area is 162 Å². The second kappa shape index (κ2) is 7.88. The van der Waals surface area contributed by atoms with Crippen LogP contribution in [0.4, 0.5) is 5.69 Å². The lowest BCUT2D eigenvalue weighted by molar-refractivity contribution is -0.116. The largest absolute Gasteiger partial charge is 0.326 e. The molecule has 0 fully saturated rings. The first-order valence-electron chi connectivity index (χ1n) is 9.11. The number of nitrogens with one attached hydrogen (secondary N) is 1. The molecule has 1 amide bonds. The molecule has 3 aromatic carbocycles. The monoisotopic (exact) mass is 369 g/mol. The fourth-order valence-corrected chi connectivity index (χ4v) is 3.15. The minimum absolute atomic E-state index is 0.1000. The van der Waals surface area contributed by atoms with Crippen LogP contribution in [0.15, 0.2) is 89.9 Å². The van der Waals surface area contributed by atoms with Crippen LogP contribution in [-0.4, -0.2) is 15.7 Å². The molecule has 4 aromatic rings. The molecule has 1 N–H and O–H groups in total. The van der Waals surface area contributed by atoms with Crippen molar-refractivity contribution in [3.63, 3.8) is 0 Å². The molecule has 0 aliphatic heterocycles. The summed E-state index contributed by atoms with van der Waals surface area (Å²) < 4.78 is 1.69. The number of nitrogens with zero attached hydrogens (tertiary/aromatic N) is 2. The highest BCUT2D eigenvalue weighted by Crippen LogP contribution is 2.21. The van der Waals surface area contributed by atoms with Crippen molar-refractivity contribution in [3.05, 3.63) is 95.3 Å². The van der Waals surface area contributed by atoms with Gasteiger partial charge in [-0.2, -0.15) is 5.10 Å². The van der Waals surface area contributed by atoms with Crippen LogP contribution in [0, 0.1) is 0 Å². The van der Waals surface area contributed by atoms with E-state index in [1.54, 1.807) is 10.7 Å². The van der Waals surface area contributed by atoms with Gasteiger partial charge >= 0.3 is 0 Å². The molecule has 28 heavy (non-hydrogen) atoms. The van der Waals surface area contributed by atoms with Crippen molar-refractivity contribution in [3.8, 4) is 11.1 Å². The highest BCUT2D eigenvalue weighted by Gasteiger charge is 2.07. The van der Waals surface area contributed by atoms with E-state index < -0.39 is 0 Å². The first kappa shape index (κ1) is 17.7. The molecular formula is C23H19N3O2. The van der Waals surface area contributed by atoms with Crippen LogP contribution in [0.5, 0.6) is 0 Å².